The molecule has 114 valence electrons. The van der Waals surface area contributed by atoms with E-state index in [-0.39, 0.29) is 6.04 Å². The Kier molecular flexibility index (Phi) is 2.09. The van der Waals surface area contributed by atoms with Crippen LogP contribution >= 0.6 is 0 Å². The molecule has 0 bridgehead atoms. The minimum Gasteiger partial charge on any atom is -0.320 e. The molecule has 5 heteroatoms. The maximum Gasteiger partial charge on any atom is 0.151 e. The molecule has 4 heterocycles. The first kappa shape index (κ1) is 12.1. The average Bonchev–Trinajstić information content (AvgIpc) is 3.31. The lowest BCUT2D eigenvalue weighted by Gasteiger charge is -2.42. The van der Waals surface area contributed by atoms with Gasteiger partial charge in [-0.05, 0) is 24.3 Å². The molecule has 24 heavy (non-hydrogen) atoms. The third-order valence-electron chi connectivity index (χ3n) is 4.89. The minimum absolute atomic E-state index is 0.0280. The summed E-state index contributed by atoms with van der Waals surface area (Å²) in [4.78, 5) is 11.7. The summed E-state index contributed by atoms with van der Waals surface area (Å²) in [5.74, 6) is 1.99. The normalized spacial score (nSPS) is 14.4. The zero-order valence-corrected chi connectivity index (χ0v) is 12.7. The van der Waals surface area contributed by atoms with E-state index in [9.17, 15) is 0 Å². The van der Waals surface area contributed by atoms with Crippen LogP contribution in [0.25, 0.3) is 11.4 Å². The Morgan fingerprint density at radius 2 is 1.08 bits per heavy atom. The number of nitrogens with zero attached hydrogens (tertiary/aromatic N) is 5. The summed E-state index contributed by atoms with van der Waals surface area (Å²) < 4.78 is 4.34. The zero-order chi connectivity index (χ0) is 15.7. The molecular weight excluding hydrogens is 298 g/mol. The van der Waals surface area contributed by atoms with E-state index in [0.29, 0.717) is 0 Å². The lowest BCUT2D eigenvalue weighted by atomic mass is 10.0. The van der Waals surface area contributed by atoms with Crippen molar-refractivity contribution in [3.63, 3.8) is 0 Å². The van der Waals surface area contributed by atoms with Gasteiger partial charge in [-0.2, -0.15) is 0 Å². The monoisotopic (exact) mass is 311 g/mol. The van der Waals surface area contributed by atoms with Gasteiger partial charge in [0.05, 0.1) is 22.7 Å². The highest BCUT2D eigenvalue weighted by Crippen LogP contribution is 2.49. The molecule has 0 aliphatic carbocycles. The highest BCUT2D eigenvalue weighted by molar-refractivity contribution is 5.82. The number of hydrogen-bond acceptors (Lipinski definition) is 3. The molecule has 0 spiro atoms. The third-order valence-corrected chi connectivity index (χ3v) is 4.89. The van der Waals surface area contributed by atoms with Gasteiger partial charge in [0.25, 0.3) is 0 Å². The molecule has 2 aromatic heterocycles. The Hall–Kier alpha value is -3.34. The van der Waals surface area contributed by atoms with E-state index in [0.717, 1.165) is 23.0 Å². The summed E-state index contributed by atoms with van der Waals surface area (Å²) in [6, 6.07) is 16.9. The van der Waals surface area contributed by atoms with Crippen molar-refractivity contribution in [3.8, 4) is 11.4 Å². The topological polar surface area (TPSA) is 38.9 Å². The third kappa shape index (κ3) is 1.31. The highest BCUT2D eigenvalue weighted by Gasteiger charge is 2.40. The van der Waals surface area contributed by atoms with E-state index in [4.69, 9.17) is 0 Å². The largest absolute Gasteiger partial charge is 0.320 e. The smallest absolute Gasteiger partial charge is 0.151 e. The fourth-order valence-electron chi connectivity index (χ4n) is 3.94. The van der Waals surface area contributed by atoms with Gasteiger partial charge in [-0.3, -0.25) is 9.13 Å². The van der Waals surface area contributed by atoms with Crippen LogP contribution in [0.15, 0.2) is 73.3 Å². The zero-order valence-electron chi connectivity index (χ0n) is 12.7. The molecule has 0 amide bonds. The molecule has 2 aromatic carbocycles. The molecule has 2 aliphatic rings. The molecule has 6 rings (SSSR count). The first-order chi connectivity index (χ1) is 11.9. The molecule has 5 nitrogen and oxygen atoms in total. The van der Waals surface area contributed by atoms with Gasteiger partial charge in [-0.1, -0.05) is 24.3 Å². The van der Waals surface area contributed by atoms with Crippen LogP contribution in [-0.2, 0) is 0 Å². The molecule has 0 fully saturated rings. The van der Waals surface area contributed by atoms with Crippen LogP contribution in [0.3, 0.4) is 0 Å². The Balaban J connectivity index is 1.77. The van der Waals surface area contributed by atoms with E-state index in [1.807, 2.05) is 24.8 Å². The van der Waals surface area contributed by atoms with Crippen molar-refractivity contribution in [1.82, 2.24) is 19.1 Å². The molecule has 2 aliphatic heterocycles. The number of fused-ring (bicyclic) bond motifs is 11. The molecule has 0 saturated heterocycles. The maximum absolute atomic E-state index is 4.66. The van der Waals surface area contributed by atoms with Gasteiger partial charge in [0.1, 0.15) is 11.6 Å². The van der Waals surface area contributed by atoms with Crippen molar-refractivity contribution in [3.05, 3.63) is 85.0 Å². The summed E-state index contributed by atoms with van der Waals surface area (Å²) in [6.45, 7) is 0. The number of para-hydroxylation sites is 4. The lowest BCUT2D eigenvalue weighted by molar-refractivity contribution is 0.633. The molecule has 0 radical (unpaired) electrons. The van der Waals surface area contributed by atoms with Crippen LogP contribution in [0.1, 0.15) is 17.7 Å². The summed E-state index contributed by atoms with van der Waals surface area (Å²) in [7, 11) is 0. The molecule has 4 aromatic rings. The standard InChI is InChI=1S/C19H13N5/c1-3-7-15-13(5-1)22-11-9-20-18(22)17-19-21-10-12-23(19)14-6-2-4-8-16(14)24(15)17/h1-12,17H. The molecule has 0 atom stereocenters. The molecule has 0 N–H and O–H groups in total. The minimum atomic E-state index is -0.0280. The van der Waals surface area contributed by atoms with Gasteiger partial charge in [0.15, 0.2) is 6.04 Å². The van der Waals surface area contributed by atoms with Crippen molar-refractivity contribution in [1.29, 1.82) is 0 Å². The van der Waals surface area contributed by atoms with E-state index in [2.05, 4.69) is 72.5 Å². The van der Waals surface area contributed by atoms with Gasteiger partial charge in [0.2, 0.25) is 0 Å². The lowest BCUT2D eigenvalue weighted by Crippen LogP contribution is -2.37. The van der Waals surface area contributed by atoms with Gasteiger partial charge < -0.3 is 4.90 Å². The SMILES string of the molecule is c1ccc2c(c1)N1c3ccccc3-n3ccnc3C1c1nccn1-2. The van der Waals surface area contributed by atoms with Crippen LogP contribution in [-0.4, -0.2) is 19.1 Å². The van der Waals surface area contributed by atoms with Crippen LogP contribution in [0, 0.1) is 0 Å². The van der Waals surface area contributed by atoms with E-state index in [1.165, 1.54) is 11.4 Å². The fourth-order valence-corrected chi connectivity index (χ4v) is 3.94. The molecule has 0 unspecified atom stereocenters. The van der Waals surface area contributed by atoms with Crippen molar-refractivity contribution >= 4 is 11.4 Å². The second kappa shape index (κ2) is 4.14. The van der Waals surface area contributed by atoms with Crippen LogP contribution in [0.5, 0.6) is 0 Å². The van der Waals surface area contributed by atoms with Crippen molar-refractivity contribution in [2.45, 2.75) is 6.04 Å². The van der Waals surface area contributed by atoms with Crippen LogP contribution in [0.4, 0.5) is 11.4 Å². The second-order valence-corrected chi connectivity index (χ2v) is 6.06. The number of anilines is 2. The van der Waals surface area contributed by atoms with Crippen molar-refractivity contribution in [2.75, 3.05) is 4.90 Å². The Morgan fingerprint density at radius 1 is 0.625 bits per heavy atom. The van der Waals surface area contributed by atoms with Gasteiger partial charge in [-0.25, -0.2) is 9.97 Å². The van der Waals surface area contributed by atoms with Gasteiger partial charge in [0, 0.05) is 24.8 Å². The summed E-state index contributed by atoms with van der Waals surface area (Å²) in [5, 5.41) is 0. The van der Waals surface area contributed by atoms with Crippen LogP contribution < -0.4 is 4.90 Å². The van der Waals surface area contributed by atoms with Gasteiger partial charge >= 0.3 is 0 Å². The fraction of sp³-hybridized carbons (Fsp3) is 0.0526. The van der Waals surface area contributed by atoms with Crippen molar-refractivity contribution in [2.24, 2.45) is 0 Å². The average molecular weight is 311 g/mol. The Labute approximate surface area is 138 Å². The summed E-state index contributed by atoms with van der Waals surface area (Å²) in [6.07, 6.45) is 7.78. The van der Waals surface area contributed by atoms with E-state index < -0.39 is 0 Å². The number of benzene rings is 2. The number of hydrogen-bond donors (Lipinski definition) is 0. The Morgan fingerprint density at radius 3 is 1.58 bits per heavy atom. The van der Waals surface area contributed by atoms with E-state index in [1.54, 1.807) is 0 Å². The summed E-state index contributed by atoms with van der Waals surface area (Å²) in [5.41, 5.74) is 4.65. The van der Waals surface area contributed by atoms with Crippen LogP contribution in [0.2, 0.25) is 0 Å². The first-order valence-corrected chi connectivity index (χ1v) is 7.98. The van der Waals surface area contributed by atoms with Gasteiger partial charge in [-0.15, -0.1) is 0 Å². The number of rotatable bonds is 0. The quantitative estimate of drug-likeness (QED) is 0.498. The summed E-state index contributed by atoms with van der Waals surface area (Å²) >= 11 is 0. The first-order valence-electron chi connectivity index (χ1n) is 7.98. The number of aromatic nitrogens is 4. The maximum atomic E-state index is 4.66. The van der Waals surface area contributed by atoms with E-state index >= 15 is 0 Å². The predicted molar refractivity (Wildman–Crippen MR) is 91.1 cm³/mol. The predicted octanol–water partition coefficient (Wildman–Crippen LogP) is 3.61. The number of imidazole rings is 2. The molecule has 0 saturated carbocycles. The Bertz CT molecular complexity index is 1000. The second-order valence-electron chi connectivity index (χ2n) is 6.06. The highest BCUT2D eigenvalue weighted by atomic mass is 15.3. The molecular formula is C19H13N5. The van der Waals surface area contributed by atoms with Crippen molar-refractivity contribution < 1.29 is 0 Å².